The van der Waals surface area contributed by atoms with Gasteiger partial charge in [0.1, 0.15) is 0 Å². The van der Waals surface area contributed by atoms with Crippen molar-refractivity contribution in [1.29, 1.82) is 0 Å². The minimum Gasteiger partial charge on any atom is -0.766 e. The Labute approximate surface area is 278 Å². The fraction of sp³-hybridized carbons (Fsp3) is 0.292. The average molecular weight is 699 g/mol. The van der Waals surface area contributed by atoms with Gasteiger partial charge in [-0.25, -0.2) is 13.8 Å². The molecular weight excluding hydrogens is 677 g/mol. The fourth-order valence-electron chi connectivity index (χ4n) is 2.33. The number of nitrogens with zero attached hydrogens (tertiary/aromatic N) is 2. The Balaban J connectivity index is 0. The summed E-state index contributed by atoms with van der Waals surface area (Å²) < 4.78 is 108. The Hall–Kier alpha value is -3.10. The molecule has 242 valence electrons. The van der Waals surface area contributed by atoms with Gasteiger partial charge in [0.25, 0.3) is 11.1 Å². The van der Waals surface area contributed by atoms with E-state index in [1.165, 1.54) is 0 Å². The van der Waals surface area contributed by atoms with Crippen molar-refractivity contribution in [1.82, 2.24) is 0 Å². The first kappa shape index (κ1) is 44.0. The third-order valence-electron chi connectivity index (χ3n) is 4.18. The molecule has 2 unspecified atom stereocenters. The van der Waals surface area contributed by atoms with E-state index in [0.29, 0.717) is 17.3 Å². The molecule has 0 aliphatic heterocycles. The second-order valence-corrected chi connectivity index (χ2v) is 9.43. The monoisotopic (exact) mass is 698 g/mol. The molecule has 0 N–H and O–H groups in total. The van der Waals surface area contributed by atoms with Gasteiger partial charge in [-0.3, -0.25) is 18.0 Å². The first-order valence-corrected chi connectivity index (χ1v) is 13.6. The molecule has 0 saturated carbocycles. The van der Waals surface area contributed by atoms with Gasteiger partial charge >= 0.3 is 58.7 Å². The molecule has 0 heterocycles. The second kappa shape index (κ2) is 23.3. The topological polar surface area (TPSA) is 190 Å². The number of benzene rings is 2. The van der Waals surface area contributed by atoms with Crippen LogP contribution in [0.4, 0.5) is 26.3 Å². The Kier molecular flexibility index (Phi) is 22.8. The zero-order valence-electron chi connectivity index (χ0n) is 22.9. The summed E-state index contributed by atoms with van der Waals surface area (Å²) in [7, 11) is 0. The molecule has 0 aliphatic rings. The van der Waals surface area contributed by atoms with Crippen LogP contribution >= 0.6 is 0 Å². The Bertz CT molecular complexity index is 1330. The summed E-state index contributed by atoms with van der Waals surface area (Å²) in [5, 5.41) is 0. The van der Waals surface area contributed by atoms with Gasteiger partial charge in [0, 0.05) is 24.0 Å². The van der Waals surface area contributed by atoms with Crippen molar-refractivity contribution < 1.29 is 106 Å². The molecule has 45 heavy (non-hydrogen) atoms. The minimum absolute atomic E-state index is 0. The zero-order valence-corrected chi connectivity index (χ0v) is 26.6. The SMILES string of the molecule is O=C(COS(=O)C(F)(F)F)OCCC(=O)c1ccccc1.O=S([O-])C(F)(F)F.[N-]=[N+]=CC(=O)OCCC(=O)c1ccccc1.[Na+]. The van der Waals surface area contributed by atoms with Gasteiger partial charge in [0.15, 0.2) is 18.2 Å². The number of alkyl halides is 6. The van der Waals surface area contributed by atoms with Crippen molar-refractivity contribution in [3.63, 3.8) is 0 Å². The fourth-order valence-corrected chi connectivity index (χ4v) is 2.67. The van der Waals surface area contributed by atoms with Crippen molar-refractivity contribution in [3.05, 3.63) is 77.3 Å². The Morgan fingerprint density at radius 1 is 0.778 bits per heavy atom. The number of ketones is 2. The summed E-state index contributed by atoms with van der Waals surface area (Å²) in [5.41, 5.74) is -1.10. The number of esters is 2. The van der Waals surface area contributed by atoms with E-state index >= 15 is 0 Å². The molecule has 0 aromatic heterocycles. The number of carbonyl (C=O) groups excluding carboxylic acids is 4. The number of halogens is 6. The average Bonchev–Trinajstić information content (AvgIpc) is 2.96. The van der Waals surface area contributed by atoms with Crippen molar-refractivity contribution in [2.24, 2.45) is 0 Å². The quantitative estimate of drug-likeness (QED) is 0.0441. The molecule has 0 aliphatic carbocycles. The van der Waals surface area contributed by atoms with Crippen LogP contribution in [0.2, 0.25) is 0 Å². The molecule has 0 amide bonds. The van der Waals surface area contributed by atoms with E-state index in [1.54, 1.807) is 54.6 Å². The standard InChI is InChI=1S/C12H11F3O5S.C11H10N2O3.CHF3O2S.Na/c13-12(14,15)21(18)20-8-11(17)19-7-6-10(16)9-4-2-1-3-5-9;12-13-8-11(15)16-7-6-10(14)9-4-2-1-3-5-9;2-1(3,4)7(5)6;/h1-5H,6-8H2;1-5,8H,6-7H2;(H,5,6);/q;;;+1/p-1. The second-order valence-electron chi connectivity index (χ2n) is 7.33. The van der Waals surface area contributed by atoms with Crippen LogP contribution in [0.1, 0.15) is 33.6 Å². The van der Waals surface area contributed by atoms with E-state index in [0.717, 1.165) is 0 Å². The van der Waals surface area contributed by atoms with E-state index in [9.17, 15) is 49.7 Å². The van der Waals surface area contributed by atoms with E-state index in [4.69, 9.17) is 14.3 Å². The predicted octanol–water partition coefficient (Wildman–Crippen LogP) is 0.495. The van der Waals surface area contributed by atoms with E-state index < -0.39 is 51.7 Å². The molecule has 12 nitrogen and oxygen atoms in total. The smallest absolute Gasteiger partial charge is 0.766 e. The third kappa shape index (κ3) is 22.1. The summed E-state index contributed by atoms with van der Waals surface area (Å²) in [5.74, 6) is -2.28. The molecule has 2 rings (SSSR count). The molecule has 2 atom stereocenters. The van der Waals surface area contributed by atoms with Gasteiger partial charge in [0.2, 0.25) is 0 Å². The van der Waals surface area contributed by atoms with Crippen LogP contribution in [0.3, 0.4) is 0 Å². The van der Waals surface area contributed by atoms with Crippen molar-refractivity contribution >= 4 is 51.9 Å². The van der Waals surface area contributed by atoms with Crippen molar-refractivity contribution in [3.8, 4) is 0 Å². The van der Waals surface area contributed by atoms with Crippen LogP contribution < -0.4 is 29.6 Å². The molecule has 2 aromatic rings. The molecule has 21 heteroatoms. The number of ether oxygens (including phenoxy) is 2. The summed E-state index contributed by atoms with van der Waals surface area (Å²) >= 11 is -7.50. The maximum absolute atomic E-state index is 11.8. The van der Waals surface area contributed by atoms with Gasteiger partial charge in [-0.05, 0) is 0 Å². The van der Waals surface area contributed by atoms with Gasteiger partial charge in [-0.2, -0.15) is 31.1 Å². The summed E-state index contributed by atoms with van der Waals surface area (Å²) in [6, 6.07) is 17.0. The molecule has 0 fully saturated rings. The summed E-state index contributed by atoms with van der Waals surface area (Å²) in [4.78, 5) is 47.4. The first-order chi connectivity index (χ1) is 20.5. The molecule has 0 saturated heterocycles. The van der Waals surface area contributed by atoms with E-state index in [2.05, 4.69) is 18.4 Å². The van der Waals surface area contributed by atoms with Gasteiger partial charge in [0.05, 0.1) is 24.3 Å². The Morgan fingerprint density at radius 3 is 1.53 bits per heavy atom. The van der Waals surface area contributed by atoms with E-state index in [1.807, 2.05) is 6.07 Å². The molecule has 0 spiro atoms. The van der Waals surface area contributed by atoms with Crippen molar-refractivity contribution in [2.75, 3.05) is 19.8 Å². The maximum Gasteiger partial charge on any atom is 1.00 e. The molecular formula is C24H21F6N2NaO10S2. The van der Waals surface area contributed by atoms with Gasteiger partial charge in [-0.15, -0.1) is 0 Å². The molecule has 0 radical (unpaired) electrons. The summed E-state index contributed by atoms with van der Waals surface area (Å²) in [6.45, 7) is -1.43. The van der Waals surface area contributed by atoms with Crippen molar-refractivity contribution in [2.45, 2.75) is 23.9 Å². The van der Waals surface area contributed by atoms with Crippen LogP contribution in [0, 0.1) is 0 Å². The largest absolute Gasteiger partial charge is 1.00 e. The number of hydrogen-bond donors (Lipinski definition) is 0. The number of hydrogen-bond acceptors (Lipinski definition) is 10. The number of Topliss-reactive ketones (excluding diaryl/α,β-unsaturated/α-hetero) is 2. The van der Waals surface area contributed by atoms with E-state index in [-0.39, 0.29) is 67.2 Å². The van der Waals surface area contributed by atoms with Crippen LogP contribution in [0.25, 0.3) is 5.53 Å². The van der Waals surface area contributed by atoms with Crippen LogP contribution in [0.15, 0.2) is 60.7 Å². The molecule has 2 aromatic carbocycles. The van der Waals surface area contributed by atoms with Gasteiger partial charge in [-0.1, -0.05) is 60.7 Å². The van der Waals surface area contributed by atoms with Crippen LogP contribution in [-0.2, 0) is 45.4 Å². The van der Waals surface area contributed by atoms with Gasteiger partial charge < -0.3 is 19.6 Å². The number of carbonyl (C=O) groups is 4. The zero-order chi connectivity index (χ0) is 33.8. The first-order valence-electron chi connectivity index (χ1n) is 11.4. The summed E-state index contributed by atoms with van der Waals surface area (Å²) in [6.07, 6.45) is 0.625. The Morgan fingerprint density at radius 2 is 1.18 bits per heavy atom. The minimum atomic E-state index is -5.08. The van der Waals surface area contributed by atoms with Crippen LogP contribution in [-0.4, -0.2) is 78.3 Å². The molecule has 0 bridgehead atoms. The maximum atomic E-state index is 11.8. The predicted molar refractivity (Wildman–Crippen MR) is 138 cm³/mol. The van der Waals surface area contributed by atoms with Crippen LogP contribution in [0.5, 0.6) is 0 Å². The number of rotatable bonds is 12. The normalized spacial score (nSPS) is 11.7. The third-order valence-corrected chi connectivity index (χ3v) is 5.27.